The third-order valence-corrected chi connectivity index (χ3v) is 5.03. The summed E-state index contributed by atoms with van der Waals surface area (Å²) in [5.41, 5.74) is 4.79. The van der Waals surface area contributed by atoms with Crippen molar-refractivity contribution in [3.05, 3.63) is 53.5 Å². The van der Waals surface area contributed by atoms with E-state index in [2.05, 4.69) is 22.0 Å². The lowest BCUT2D eigenvalue weighted by Crippen LogP contribution is -2.37. The normalized spacial score (nSPS) is 18.7. The van der Waals surface area contributed by atoms with E-state index in [0.29, 0.717) is 23.0 Å². The summed E-state index contributed by atoms with van der Waals surface area (Å²) in [5.74, 6) is 3.25. The highest BCUT2D eigenvalue weighted by molar-refractivity contribution is 6.09. The molecule has 0 aliphatic carbocycles. The monoisotopic (exact) mass is 392 g/mol. The largest absolute Gasteiger partial charge is 0.369 e. The van der Waals surface area contributed by atoms with Crippen molar-refractivity contribution in [2.24, 2.45) is 5.73 Å². The number of likely N-dealkylation sites (N-methyl/N-ethyl adjacent to an activating group) is 1. The number of nitrogens with zero attached hydrogens (tertiary/aromatic N) is 2. The average molecular weight is 392 g/mol. The Kier molecular flexibility index (Phi) is 4.32. The molecule has 1 saturated heterocycles. The van der Waals surface area contributed by atoms with Crippen molar-refractivity contribution in [3.63, 3.8) is 0 Å². The molecule has 4 N–H and O–H groups in total. The number of carbonyl (C=O) groups is 2. The van der Waals surface area contributed by atoms with Gasteiger partial charge in [0.1, 0.15) is 5.82 Å². The minimum absolute atomic E-state index is 0.0142. The third-order valence-electron chi connectivity index (χ3n) is 5.03. The van der Waals surface area contributed by atoms with Crippen LogP contribution in [-0.4, -0.2) is 51.2 Å². The van der Waals surface area contributed by atoms with Gasteiger partial charge in [0.05, 0.1) is 11.1 Å². The Morgan fingerprint density at radius 3 is 2.72 bits per heavy atom. The molecule has 1 aliphatic heterocycles. The number of aliphatic hydroxyl groups is 1. The molecule has 0 spiro atoms. The summed E-state index contributed by atoms with van der Waals surface area (Å²) < 4.78 is 15.3. The number of carbonyl (C=O) groups excluding carboxylic acids is 2. The summed E-state index contributed by atoms with van der Waals surface area (Å²) in [5, 5.41) is 17.5. The molecule has 1 atom stereocenters. The zero-order valence-electron chi connectivity index (χ0n) is 15.5. The van der Waals surface area contributed by atoms with E-state index in [0.717, 1.165) is 0 Å². The van der Waals surface area contributed by atoms with E-state index in [4.69, 9.17) is 5.73 Å². The van der Waals surface area contributed by atoms with E-state index in [9.17, 15) is 14.7 Å². The Morgan fingerprint density at radius 2 is 2.03 bits per heavy atom. The van der Waals surface area contributed by atoms with Crippen LogP contribution in [0, 0.1) is 17.7 Å². The van der Waals surface area contributed by atoms with Gasteiger partial charge < -0.3 is 15.7 Å². The number of primary amides is 1. The molecule has 0 unspecified atom stereocenters. The van der Waals surface area contributed by atoms with Crippen molar-refractivity contribution >= 4 is 22.7 Å². The molecule has 0 saturated carbocycles. The number of hydrogen-bond donors (Lipinski definition) is 3. The summed E-state index contributed by atoms with van der Waals surface area (Å²) >= 11 is 0. The van der Waals surface area contributed by atoms with Crippen LogP contribution in [-0.2, 0) is 4.79 Å². The van der Waals surface area contributed by atoms with E-state index < -0.39 is 23.2 Å². The Bertz CT molecular complexity index is 1220. The first-order chi connectivity index (χ1) is 13.8. The Balaban J connectivity index is 1.83. The number of benzene rings is 2. The van der Waals surface area contributed by atoms with Crippen LogP contribution in [0.15, 0.2) is 36.4 Å². The number of rotatable bonds is 2. The van der Waals surface area contributed by atoms with E-state index in [1.807, 2.05) is 0 Å². The fourth-order valence-electron chi connectivity index (χ4n) is 3.45. The predicted octanol–water partition coefficient (Wildman–Crippen LogP) is 1.41. The minimum Gasteiger partial charge on any atom is -0.369 e. The SMILES string of the molecule is CN1CC[C@@](O)(C#Cc2cccc(-c3cccc4[nH]nc(C(N)=O)c34)c2F)C1=O. The number of aromatic nitrogens is 2. The van der Waals surface area contributed by atoms with Crippen LogP contribution in [0.5, 0.6) is 0 Å². The summed E-state index contributed by atoms with van der Waals surface area (Å²) in [6.07, 6.45) is 0.160. The Hall–Kier alpha value is -3.70. The van der Waals surface area contributed by atoms with Gasteiger partial charge in [-0.25, -0.2) is 4.39 Å². The summed E-state index contributed by atoms with van der Waals surface area (Å²) in [7, 11) is 1.57. The third kappa shape index (κ3) is 3.02. The average Bonchev–Trinajstić information content (AvgIpc) is 3.25. The fourth-order valence-corrected chi connectivity index (χ4v) is 3.45. The van der Waals surface area contributed by atoms with Gasteiger partial charge in [-0.05, 0) is 17.7 Å². The molecule has 0 radical (unpaired) electrons. The first-order valence-electron chi connectivity index (χ1n) is 8.89. The number of aromatic amines is 1. The Morgan fingerprint density at radius 1 is 1.31 bits per heavy atom. The highest BCUT2D eigenvalue weighted by Gasteiger charge is 2.42. The van der Waals surface area contributed by atoms with Gasteiger partial charge in [0.25, 0.3) is 11.8 Å². The van der Waals surface area contributed by atoms with Crippen molar-refractivity contribution in [3.8, 4) is 23.0 Å². The number of fused-ring (bicyclic) bond motifs is 1. The lowest BCUT2D eigenvalue weighted by Gasteiger charge is -2.13. The molecule has 3 aromatic rings. The van der Waals surface area contributed by atoms with Gasteiger partial charge in [0.2, 0.25) is 5.60 Å². The molecule has 29 heavy (non-hydrogen) atoms. The number of likely N-dealkylation sites (tertiary alicyclic amines) is 1. The maximum Gasteiger partial charge on any atom is 0.269 e. The number of hydrogen-bond acceptors (Lipinski definition) is 4. The molecule has 1 aliphatic rings. The van der Waals surface area contributed by atoms with Crippen LogP contribution < -0.4 is 5.73 Å². The van der Waals surface area contributed by atoms with Crippen LogP contribution in [0.4, 0.5) is 4.39 Å². The van der Waals surface area contributed by atoms with Gasteiger partial charge in [-0.2, -0.15) is 5.10 Å². The smallest absolute Gasteiger partial charge is 0.269 e. The van der Waals surface area contributed by atoms with Gasteiger partial charge in [0.15, 0.2) is 5.69 Å². The first kappa shape index (κ1) is 18.7. The maximum atomic E-state index is 15.3. The van der Waals surface area contributed by atoms with Crippen molar-refractivity contribution in [1.29, 1.82) is 0 Å². The van der Waals surface area contributed by atoms with Crippen LogP contribution in [0.3, 0.4) is 0 Å². The molecular weight excluding hydrogens is 375 g/mol. The molecule has 1 aromatic heterocycles. The minimum atomic E-state index is -1.82. The highest BCUT2D eigenvalue weighted by Crippen LogP contribution is 2.32. The highest BCUT2D eigenvalue weighted by atomic mass is 19.1. The number of nitrogens with one attached hydrogen (secondary N) is 1. The molecular formula is C21H17FN4O3. The number of halogens is 1. The molecule has 0 bridgehead atoms. The number of amides is 2. The summed E-state index contributed by atoms with van der Waals surface area (Å²) in [6.45, 7) is 0.380. The molecule has 2 aromatic carbocycles. The number of nitrogens with two attached hydrogens (primary N) is 1. The molecule has 146 valence electrons. The van der Waals surface area contributed by atoms with E-state index in [-0.39, 0.29) is 23.2 Å². The molecule has 2 heterocycles. The van der Waals surface area contributed by atoms with Crippen LogP contribution in [0.2, 0.25) is 0 Å². The first-order valence-corrected chi connectivity index (χ1v) is 8.89. The molecule has 4 rings (SSSR count). The lowest BCUT2D eigenvalue weighted by atomic mass is 9.97. The second-order valence-corrected chi connectivity index (χ2v) is 6.92. The maximum absolute atomic E-state index is 15.3. The van der Waals surface area contributed by atoms with Crippen molar-refractivity contribution in [1.82, 2.24) is 15.1 Å². The molecule has 7 nitrogen and oxygen atoms in total. The van der Waals surface area contributed by atoms with Crippen LogP contribution >= 0.6 is 0 Å². The van der Waals surface area contributed by atoms with Crippen molar-refractivity contribution in [2.45, 2.75) is 12.0 Å². The molecule has 2 amide bonds. The zero-order valence-corrected chi connectivity index (χ0v) is 15.5. The zero-order chi connectivity index (χ0) is 20.8. The number of H-pyrrole nitrogens is 1. The standard InChI is InChI=1S/C21H17FN4O3/c1-26-11-10-21(29,20(26)28)9-8-12-4-2-6-14(17(12)22)13-5-3-7-15-16(13)18(19(23)27)25-24-15/h2-7,29H,10-11H2,1H3,(H2,23,27)(H,24,25)/t21-/m0/s1. The molecule has 8 heteroatoms. The van der Waals surface area contributed by atoms with Crippen molar-refractivity contribution in [2.75, 3.05) is 13.6 Å². The quantitative estimate of drug-likeness (QED) is 0.573. The van der Waals surface area contributed by atoms with Crippen molar-refractivity contribution < 1.29 is 19.1 Å². The van der Waals surface area contributed by atoms with Crippen LogP contribution in [0.1, 0.15) is 22.5 Å². The second kappa shape index (κ2) is 6.72. The van der Waals surface area contributed by atoms with Gasteiger partial charge in [-0.3, -0.25) is 14.7 Å². The van der Waals surface area contributed by atoms with E-state index in [1.165, 1.54) is 11.0 Å². The van der Waals surface area contributed by atoms with Crippen LogP contribution in [0.25, 0.3) is 22.0 Å². The predicted molar refractivity (Wildman–Crippen MR) is 104 cm³/mol. The fraction of sp³-hybridized carbons (Fsp3) is 0.190. The molecule has 1 fully saturated rings. The van der Waals surface area contributed by atoms with Gasteiger partial charge in [-0.15, -0.1) is 0 Å². The topological polar surface area (TPSA) is 112 Å². The Labute approximate surface area is 165 Å². The summed E-state index contributed by atoms with van der Waals surface area (Å²) in [6, 6.07) is 9.69. The van der Waals surface area contributed by atoms with E-state index in [1.54, 1.807) is 37.4 Å². The van der Waals surface area contributed by atoms with Gasteiger partial charge in [-0.1, -0.05) is 36.1 Å². The second-order valence-electron chi connectivity index (χ2n) is 6.92. The van der Waals surface area contributed by atoms with Gasteiger partial charge >= 0.3 is 0 Å². The lowest BCUT2D eigenvalue weighted by molar-refractivity contribution is -0.137. The van der Waals surface area contributed by atoms with E-state index >= 15 is 4.39 Å². The summed E-state index contributed by atoms with van der Waals surface area (Å²) in [4.78, 5) is 25.2. The van der Waals surface area contributed by atoms with Gasteiger partial charge in [0, 0.05) is 31.0 Å².